The Labute approximate surface area is 180 Å². The average molecular weight is 423 g/mol. The van der Waals surface area contributed by atoms with Crippen molar-refractivity contribution in [2.75, 3.05) is 37.7 Å². The van der Waals surface area contributed by atoms with E-state index >= 15 is 0 Å². The molecule has 3 heterocycles. The molecule has 30 heavy (non-hydrogen) atoms. The monoisotopic (exact) mass is 422 g/mol. The molecule has 0 radical (unpaired) electrons. The van der Waals surface area contributed by atoms with Crippen LogP contribution in [0.5, 0.6) is 5.75 Å². The van der Waals surface area contributed by atoms with Crippen molar-refractivity contribution in [3.05, 3.63) is 81.2 Å². The highest BCUT2D eigenvalue weighted by molar-refractivity contribution is 6.33. The number of piperazine rings is 1. The SMILES string of the molecule is O=c1c(Cl)c(N2CCN(Cc3ccc4c(c3)CCO4)CC2)cnn1-c1ccccc1. The van der Waals surface area contributed by atoms with Gasteiger partial charge in [0.15, 0.2) is 0 Å². The van der Waals surface area contributed by atoms with Crippen LogP contribution in [0.2, 0.25) is 5.02 Å². The Hall–Kier alpha value is -2.83. The Morgan fingerprint density at radius 1 is 1.03 bits per heavy atom. The van der Waals surface area contributed by atoms with Gasteiger partial charge in [-0.1, -0.05) is 41.9 Å². The molecule has 0 atom stereocenters. The number of nitrogens with zero attached hydrogens (tertiary/aromatic N) is 4. The Balaban J connectivity index is 1.26. The number of fused-ring (bicyclic) bond motifs is 1. The van der Waals surface area contributed by atoms with Gasteiger partial charge in [0.05, 0.1) is 24.2 Å². The number of ether oxygens (including phenoxy) is 1. The second kappa shape index (κ2) is 8.13. The lowest BCUT2D eigenvalue weighted by atomic mass is 10.1. The predicted octanol–water partition coefficient (Wildman–Crippen LogP) is 3.14. The van der Waals surface area contributed by atoms with E-state index in [-0.39, 0.29) is 10.6 Å². The first kappa shape index (κ1) is 19.2. The van der Waals surface area contributed by atoms with E-state index < -0.39 is 0 Å². The molecule has 0 spiro atoms. The van der Waals surface area contributed by atoms with Crippen molar-refractivity contribution in [3.8, 4) is 11.4 Å². The van der Waals surface area contributed by atoms with E-state index in [0.717, 1.165) is 51.5 Å². The van der Waals surface area contributed by atoms with Crippen LogP contribution in [0.4, 0.5) is 5.69 Å². The van der Waals surface area contributed by atoms with Crippen LogP contribution in [-0.4, -0.2) is 47.5 Å². The highest BCUT2D eigenvalue weighted by atomic mass is 35.5. The van der Waals surface area contributed by atoms with Gasteiger partial charge >= 0.3 is 0 Å². The van der Waals surface area contributed by atoms with E-state index in [2.05, 4.69) is 33.1 Å². The van der Waals surface area contributed by atoms with Gasteiger partial charge in [-0.2, -0.15) is 9.78 Å². The van der Waals surface area contributed by atoms with Crippen LogP contribution in [0.15, 0.2) is 59.5 Å². The maximum absolute atomic E-state index is 12.8. The molecule has 3 aromatic rings. The average Bonchev–Trinajstić information content (AvgIpc) is 3.25. The van der Waals surface area contributed by atoms with Gasteiger partial charge in [-0.15, -0.1) is 0 Å². The summed E-state index contributed by atoms with van der Waals surface area (Å²) in [5, 5.41) is 4.58. The Morgan fingerprint density at radius 2 is 1.83 bits per heavy atom. The van der Waals surface area contributed by atoms with Crippen molar-refractivity contribution in [1.82, 2.24) is 14.7 Å². The number of aromatic nitrogens is 2. The fourth-order valence-electron chi connectivity index (χ4n) is 4.14. The largest absolute Gasteiger partial charge is 0.493 e. The molecule has 7 heteroatoms. The van der Waals surface area contributed by atoms with Crippen LogP contribution >= 0.6 is 11.6 Å². The van der Waals surface area contributed by atoms with Crippen molar-refractivity contribution in [2.45, 2.75) is 13.0 Å². The molecule has 5 rings (SSSR count). The highest BCUT2D eigenvalue weighted by Crippen LogP contribution is 2.27. The molecular formula is C23H23ClN4O2. The van der Waals surface area contributed by atoms with Crippen LogP contribution in [0.1, 0.15) is 11.1 Å². The summed E-state index contributed by atoms with van der Waals surface area (Å²) in [6.07, 6.45) is 2.70. The first-order valence-electron chi connectivity index (χ1n) is 10.2. The topological polar surface area (TPSA) is 50.6 Å². The standard InChI is InChI=1S/C23H23ClN4O2/c24-22-20(15-25-28(23(22)29)19-4-2-1-3-5-19)27-11-9-26(10-12-27)16-17-6-7-21-18(14-17)8-13-30-21/h1-7,14-15H,8-13,16H2. The maximum Gasteiger partial charge on any atom is 0.292 e. The third kappa shape index (κ3) is 3.68. The van der Waals surface area contributed by atoms with Gasteiger partial charge in [0.25, 0.3) is 5.56 Å². The van der Waals surface area contributed by atoms with Gasteiger partial charge < -0.3 is 9.64 Å². The molecule has 0 unspecified atom stereocenters. The third-order valence-corrected chi connectivity index (χ3v) is 6.13. The van der Waals surface area contributed by atoms with E-state index in [1.54, 1.807) is 6.20 Å². The number of hydrogen-bond donors (Lipinski definition) is 0. The van der Waals surface area contributed by atoms with Gasteiger partial charge in [0, 0.05) is 39.1 Å². The number of anilines is 1. The van der Waals surface area contributed by atoms with Gasteiger partial charge in [-0.3, -0.25) is 9.69 Å². The summed E-state index contributed by atoms with van der Waals surface area (Å²) in [5.41, 5.74) is 3.76. The normalized spacial score (nSPS) is 16.4. The van der Waals surface area contributed by atoms with Gasteiger partial charge in [-0.25, -0.2) is 0 Å². The lowest BCUT2D eigenvalue weighted by molar-refractivity contribution is 0.249. The smallest absolute Gasteiger partial charge is 0.292 e. The van der Waals surface area contributed by atoms with E-state index in [0.29, 0.717) is 11.4 Å². The fraction of sp³-hybridized carbons (Fsp3) is 0.304. The molecule has 2 aromatic carbocycles. The van der Waals surface area contributed by atoms with Crippen molar-refractivity contribution < 1.29 is 4.74 Å². The summed E-state index contributed by atoms with van der Waals surface area (Å²) in [7, 11) is 0. The molecule has 6 nitrogen and oxygen atoms in total. The first-order valence-corrected chi connectivity index (χ1v) is 10.6. The van der Waals surface area contributed by atoms with E-state index in [9.17, 15) is 4.79 Å². The zero-order valence-corrected chi connectivity index (χ0v) is 17.4. The van der Waals surface area contributed by atoms with E-state index in [4.69, 9.17) is 16.3 Å². The Kier molecular flexibility index (Phi) is 5.19. The molecule has 0 bridgehead atoms. The molecule has 0 amide bonds. The number of rotatable bonds is 4. The quantitative estimate of drug-likeness (QED) is 0.646. The fourth-order valence-corrected chi connectivity index (χ4v) is 4.39. The summed E-state index contributed by atoms with van der Waals surface area (Å²) in [5.74, 6) is 1.02. The van der Waals surface area contributed by atoms with Crippen LogP contribution in [0, 0.1) is 0 Å². The molecule has 0 N–H and O–H groups in total. The summed E-state index contributed by atoms with van der Waals surface area (Å²) >= 11 is 6.46. The molecule has 1 fully saturated rings. The van der Waals surface area contributed by atoms with Gasteiger partial charge in [0.1, 0.15) is 10.8 Å². The minimum absolute atomic E-state index is 0.223. The summed E-state index contributed by atoms with van der Waals surface area (Å²) < 4.78 is 6.94. The van der Waals surface area contributed by atoms with Crippen molar-refractivity contribution in [3.63, 3.8) is 0 Å². The Bertz CT molecular complexity index is 1110. The van der Waals surface area contributed by atoms with Crippen molar-refractivity contribution in [2.24, 2.45) is 0 Å². The van der Waals surface area contributed by atoms with Gasteiger partial charge in [0.2, 0.25) is 0 Å². The van der Waals surface area contributed by atoms with Crippen LogP contribution in [0.3, 0.4) is 0 Å². The minimum atomic E-state index is -0.289. The number of halogens is 1. The highest BCUT2D eigenvalue weighted by Gasteiger charge is 2.22. The molecular weight excluding hydrogens is 400 g/mol. The zero-order valence-electron chi connectivity index (χ0n) is 16.6. The number of benzene rings is 2. The second-order valence-corrected chi connectivity index (χ2v) is 8.08. The lowest BCUT2D eigenvalue weighted by Crippen LogP contribution is -2.46. The second-order valence-electron chi connectivity index (χ2n) is 7.70. The maximum atomic E-state index is 12.8. The van der Waals surface area contributed by atoms with Crippen molar-refractivity contribution >= 4 is 17.3 Å². The van der Waals surface area contributed by atoms with Crippen LogP contribution in [0.25, 0.3) is 5.69 Å². The molecule has 1 saturated heterocycles. The molecule has 2 aliphatic rings. The Morgan fingerprint density at radius 3 is 2.63 bits per heavy atom. The summed E-state index contributed by atoms with van der Waals surface area (Å²) in [6.45, 7) is 5.14. The lowest BCUT2D eigenvalue weighted by Gasteiger charge is -2.36. The summed E-state index contributed by atoms with van der Waals surface area (Å²) in [6, 6.07) is 15.8. The van der Waals surface area contributed by atoms with Crippen LogP contribution < -0.4 is 15.2 Å². The molecule has 154 valence electrons. The zero-order chi connectivity index (χ0) is 20.5. The minimum Gasteiger partial charge on any atom is -0.493 e. The summed E-state index contributed by atoms with van der Waals surface area (Å²) in [4.78, 5) is 17.3. The molecule has 0 saturated carbocycles. The van der Waals surface area contributed by atoms with Gasteiger partial charge in [-0.05, 0) is 29.3 Å². The predicted molar refractivity (Wildman–Crippen MR) is 118 cm³/mol. The molecule has 0 aliphatic carbocycles. The number of para-hydroxylation sites is 1. The van der Waals surface area contributed by atoms with E-state index in [1.165, 1.54) is 15.8 Å². The number of hydrogen-bond acceptors (Lipinski definition) is 5. The van der Waals surface area contributed by atoms with Crippen molar-refractivity contribution in [1.29, 1.82) is 0 Å². The van der Waals surface area contributed by atoms with Crippen LogP contribution in [-0.2, 0) is 13.0 Å². The molecule has 1 aromatic heterocycles. The van der Waals surface area contributed by atoms with E-state index in [1.807, 2.05) is 30.3 Å². The third-order valence-electron chi connectivity index (χ3n) is 5.77. The first-order chi connectivity index (χ1) is 14.7. The molecule has 2 aliphatic heterocycles.